The molecule has 2 rings (SSSR count). The summed E-state index contributed by atoms with van der Waals surface area (Å²) >= 11 is 0. The van der Waals surface area contributed by atoms with Gasteiger partial charge in [0.05, 0.1) is 19.8 Å². The van der Waals surface area contributed by atoms with Crippen LogP contribution >= 0.6 is 0 Å². The van der Waals surface area contributed by atoms with Crippen LogP contribution in [-0.4, -0.2) is 62.3 Å². The van der Waals surface area contributed by atoms with Gasteiger partial charge in [0, 0.05) is 31.7 Å². The smallest absolute Gasteiger partial charge is 0.234 e. The van der Waals surface area contributed by atoms with Crippen molar-refractivity contribution in [3.8, 4) is 0 Å². The molecule has 1 heterocycles. The van der Waals surface area contributed by atoms with Crippen LogP contribution in [0.3, 0.4) is 0 Å². The zero-order valence-electron chi connectivity index (χ0n) is 12.0. The van der Waals surface area contributed by atoms with Gasteiger partial charge in [-0.2, -0.15) is 0 Å². The van der Waals surface area contributed by atoms with Gasteiger partial charge < -0.3 is 15.4 Å². The summed E-state index contributed by atoms with van der Waals surface area (Å²) in [4.78, 5) is 14.2. The highest BCUT2D eigenvalue weighted by atomic mass is 16.5. The Morgan fingerprint density at radius 2 is 2.00 bits per heavy atom. The van der Waals surface area contributed by atoms with Crippen LogP contribution in [0.2, 0.25) is 0 Å². The van der Waals surface area contributed by atoms with Gasteiger partial charge in [-0.15, -0.1) is 0 Å². The lowest BCUT2D eigenvalue weighted by molar-refractivity contribution is -0.121. The van der Waals surface area contributed by atoms with Crippen molar-refractivity contribution >= 4 is 5.91 Å². The summed E-state index contributed by atoms with van der Waals surface area (Å²) in [5.41, 5.74) is 0. The van der Waals surface area contributed by atoms with E-state index >= 15 is 0 Å². The maximum Gasteiger partial charge on any atom is 0.234 e. The highest BCUT2D eigenvalue weighted by molar-refractivity contribution is 5.78. The van der Waals surface area contributed by atoms with E-state index in [1.807, 2.05) is 0 Å². The predicted octanol–water partition coefficient (Wildman–Crippen LogP) is 0.356. The van der Waals surface area contributed by atoms with E-state index in [2.05, 4.69) is 22.5 Å². The first-order valence-electron chi connectivity index (χ1n) is 7.57. The Morgan fingerprint density at radius 1 is 1.32 bits per heavy atom. The molecule has 1 saturated heterocycles. The molecule has 1 unspecified atom stereocenters. The third kappa shape index (κ3) is 5.47. The molecule has 0 aromatic carbocycles. The Balaban J connectivity index is 1.57. The molecule has 110 valence electrons. The van der Waals surface area contributed by atoms with Crippen molar-refractivity contribution in [1.29, 1.82) is 0 Å². The fraction of sp³-hybridized carbons (Fsp3) is 0.929. The maximum atomic E-state index is 11.8. The van der Waals surface area contributed by atoms with Gasteiger partial charge in [0.1, 0.15) is 0 Å². The minimum Gasteiger partial charge on any atom is -0.379 e. The molecule has 5 heteroatoms. The van der Waals surface area contributed by atoms with Gasteiger partial charge in [-0.05, 0) is 19.8 Å². The molecule has 0 aromatic heterocycles. The summed E-state index contributed by atoms with van der Waals surface area (Å²) in [6.45, 7) is 7.01. The van der Waals surface area contributed by atoms with Gasteiger partial charge in [0.15, 0.2) is 0 Å². The average molecular weight is 269 g/mol. The van der Waals surface area contributed by atoms with Gasteiger partial charge in [-0.1, -0.05) is 12.8 Å². The highest BCUT2D eigenvalue weighted by Crippen LogP contribution is 2.17. The van der Waals surface area contributed by atoms with Gasteiger partial charge in [-0.25, -0.2) is 0 Å². The highest BCUT2D eigenvalue weighted by Gasteiger charge is 2.17. The van der Waals surface area contributed by atoms with Crippen molar-refractivity contribution in [1.82, 2.24) is 15.5 Å². The number of nitrogens with zero attached hydrogens (tertiary/aromatic N) is 1. The molecule has 1 aliphatic carbocycles. The number of ether oxygens (including phenoxy) is 1. The normalized spacial score (nSPS) is 23.4. The van der Waals surface area contributed by atoms with Crippen LogP contribution in [0.1, 0.15) is 32.6 Å². The number of hydrogen-bond acceptors (Lipinski definition) is 4. The Kier molecular flexibility index (Phi) is 6.07. The number of nitrogens with one attached hydrogen (secondary N) is 2. The minimum absolute atomic E-state index is 0.118. The SMILES string of the molecule is CC(CN1CCOCC1)NC(=O)CNC1CCCC1. The number of carbonyl (C=O) groups is 1. The molecule has 0 bridgehead atoms. The van der Waals surface area contributed by atoms with Crippen molar-refractivity contribution in [2.45, 2.75) is 44.7 Å². The first-order valence-corrected chi connectivity index (χ1v) is 7.57. The lowest BCUT2D eigenvalue weighted by Crippen LogP contribution is -2.48. The summed E-state index contributed by atoms with van der Waals surface area (Å²) in [7, 11) is 0. The van der Waals surface area contributed by atoms with E-state index in [0.29, 0.717) is 12.6 Å². The topological polar surface area (TPSA) is 53.6 Å². The monoisotopic (exact) mass is 269 g/mol. The Labute approximate surface area is 116 Å². The molecule has 0 radical (unpaired) electrons. The lowest BCUT2D eigenvalue weighted by Gasteiger charge is -2.29. The fourth-order valence-electron chi connectivity index (χ4n) is 2.91. The fourth-order valence-corrected chi connectivity index (χ4v) is 2.91. The third-order valence-electron chi connectivity index (χ3n) is 3.95. The molecule has 1 aliphatic heterocycles. The number of carbonyl (C=O) groups excluding carboxylic acids is 1. The minimum atomic E-state index is 0.118. The van der Waals surface area contributed by atoms with Crippen LogP contribution in [0.15, 0.2) is 0 Å². The molecule has 1 amide bonds. The molecule has 5 nitrogen and oxygen atoms in total. The van der Waals surface area contributed by atoms with Crippen LogP contribution in [0.4, 0.5) is 0 Å². The number of morpholine rings is 1. The molecule has 1 saturated carbocycles. The Hall–Kier alpha value is -0.650. The summed E-state index contributed by atoms with van der Waals surface area (Å²) in [6, 6.07) is 0.760. The van der Waals surface area contributed by atoms with E-state index in [9.17, 15) is 4.79 Å². The molecule has 0 spiro atoms. The third-order valence-corrected chi connectivity index (χ3v) is 3.95. The van der Waals surface area contributed by atoms with Crippen molar-refractivity contribution in [2.24, 2.45) is 0 Å². The number of amides is 1. The molecule has 1 atom stereocenters. The van der Waals surface area contributed by atoms with E-state index in [4.69, 9.17) is 4.74 Å². The number of rotatable bonds is 6. The van der Waals surface area contributed by atoms with Crippen LogP contribution in [0, 0.1) is 0 Å². The predicted molar refractivity (Wildman–Crippen MR) is 75.1 cm³/mol. The second-order valence-electron chi connectivity index (χ2n) is 5.74. The second kappa shape index (κ2) is 7.82. The summed E-state index contributed by atoms with van der Waals surface area (Å²) in [6.07, 6.45) is 5.03. The van der Waals surface area contributed by atoms with Crippen LogP contribution in [0.25, 0.3) is 0 Å². The molecular formula is C14H27N3O2. The van der Waals surface area contributed by atoms with Gasteiger partial charge in [-0.3, -0.25) is 9.69 Å². The number of hydrogen-bond donors (Lipinski definition) is 2. The molecule has 2 fully saturated rings. The quantitative estimate of drug-likeness (QED) is 0.731. The van der Waals surface area contributed by atoms with E-state index < -0.39 is 0 Å². The van der Waals surface area contributed by atoms with Crippen LogP contribution in [0.5, 0.6) is 0 Å². The van der Waals surface area contributed by atoms with Gasteiger partial charge in [0.2, 0.25) is 5.91 Å². The molecule has 2 N–H and O–H groups in total. The van der Waals surface area contributed by atoms with Crippen molar-refractivity contribution in [2.75, 3.05) is 39.4 Å². The first-order chi connectivity index (χ1) is 9.24. The Morgan fingerprint density at radius 3 is 2.68 bits per heavy atom. The standard InChI is InChI=1S/C14H27N3O2/c1-12(11-17-6-8-19-9-7-17)16-14(18)10-15-13-4-2-3-5-13/h12-13,15H,2-11H2,1H3,(H,16,18). The van der Waals surface area contributed by atoms with E-state index in [-0.39, 0.29) is 11.9 Å². The first kappa shape index (κ1) is 14.8. The molecule has 2 aliphatic rings. The lowest BCUT2D eigenvalue weighted by atomic mass is 10.2. The Bertz CT molecular complexity index is 274. The van der Waals surface area contributed by atoms with E-state index in [1.165, 1.54) is 25.7 Å². The zero-order valence-corrected chi connectivity index (χ0v) is 12.0. The van der Waals surface area contributed by atoms with Crippen LogP contribution in [-0.2, 0) is 9.53 Å². The van der Waals surface area contributed by atoms with Crippen molar-refractivity contribution in [3.63, 3.8) is 0 Å². The molecule has 19 heavy (non-hydrogen) atoms. The summed E-state index contributed by atoms with van der Waals surface area (Å²) in [5, 5.41) is 6.41. The van der Waals surface area contributed by atoms with E-state index in [0.717, 1.165) is 32.8 Å². The van der Waals surface area contributed by atoms with Crippen LogP contribution < -0.4 is 10.6 Å². The summed E-state index contributed by atoms with van der Waals surface area (Å²) < 4.78 is 5.32. The molecular weight excluding hydrogens is 242 g/mol. The second-order valence-corrected chi connectivity index (χ2v) is 5.74. The van der Waals surface area contributed by atoms with E-state index in [1.54, 1.807) is 0 Å². The van der Waals surface area contributed by atoms with Crippen molar-refractivity contribution in [3.05, 3.63) is 0 Å². The molecule has 0 aromatic rings. The maximum absolute atomic E-state index is 11.8. The zero-order chi connectivity index (χ0) is 13.5. The average Bonchev–Trinajstić information content (AvgIpc) is 2.90. The van der Waals surface area contributed by atoms with Gasteiger partial charge in [0.25, 0.3) is 0 Å². The van der Waals surface area contributed by atoms with Crippen molar-refractivity contribution < 1.29 is 9.53 Å². The largest absolute Gasteiger partial charge is 0.379 e. The van der Waals surface area contributed by atoms with Gasteiger partial charge >= 0.3 is 0 Å². The summed E-state index contributed by atoms with van der Waals surface area (Å²) in [5.74, 6) is 0.118.